The number of anilines is 1. The largest absolute Gasteiger partial charge is 0.390 e. The molecule has 2 saturated heterocycles. The van der Waals surface area contributed by atoms with Crippen molar-refractivity contribution in [3.8, 4) is 11.4 Å². The molecular weight excluding hydrogens is 414 g/mol. The molecule has 31 heavy (non-hydrogen) atoms. The summed E-state index contributed by atoms with van der Waals surface area (Å²) < 4.78 is 5.84. The van der Waals surface area contributed by atoms with Gasteiger partial charge < -0.3 is 25.5 Å². The van der Waals surface area contributed by atoms with Gasteiger partial charge in [0.15, 0.2) is 5.82 Å². The van der Waals surface area contributed by atoms with Crippen molar-refractivity contribution < 1.29 is 9.84 Å². The second-order valence-corrected chi connectivity index (χ2v) is 9.27. The monoisotopic (exact) mass is 441 g/mol. The molecule has 2 aliphatic rings. The van der Waals surface area contributed by atoms with Gasteiger partial charge in [0.1, 0.15) is 11.4 Å². The summed E-state index contributed by atoms with van der Waals surface area (Å²) in [4.78, 5) is 15.3. The maximum absolute atomic E-state index is 10.1. The molecule has 2 aromatic heterocycles. The number of nitrogens with two attached hydrogens (primary N) is 1. The molecule has 1 spiro atoms. The van der Waals surface area contributed by atoms with Gasteiger partial charge in [0.05, 0.1) is 30.7 Å². The van der Waals surface area contributed by atoms with Crippen LogP contribution in [0.3, 0.4) is 0 Å². The number of aromatic nitrogens is 3. The Bertz CT molecular complexity index is 1120. The number of nitrogens with one attached hydrogen (secondary N) is 1. The molecule has 0 saturated carbocycles. The Balaban J connectivity index is 1.45. The van der Waals surface area contributed by atoms with E-state index in [-0.39, 0.29) is 24.2 Å². The number of ether oxygens (including phenoxy) is 1. The fourth-order valence-corrected chi connectivity index (χ4v) is 5.27. The third kappa shape index (κ3) is 3.40. The molecule has 3 aromatic rings. The predicted molar refractivity (Wildman–Crippen MR) is 122 cm³/mol. The number of H-pyrrole nitrogens is 1. The minimum atomic E-state index is -0.169. The lowest BCUT2D eigenvalue weighted by Gasteiger charge is -2.42. The lowest BCUT2D eigenvalue weighted by molar-refractivity contribution is 0.0973. The number of rotatable bonds is 3. The van der Waals surface area contributed by atoms with Crippen molar-refractivity contribution in [3.63, 3.8) is 0 Å². The number of hydrogen-bond donors (Lipinski definition) is 3. The predicted octanol–water partition coefficient (Wildman–Crippen LogP) is 3.41. The molecule has 164 valence electrons. The normalized spacial score (nSPS) is 23.2. The fourth-order valence-electron chi connectivity index (χ4n) is 5.04. The van der Waals surface area contributed by atoms with Gasteiger partial charge in [-0.15, -0.1) is 0 Å². The fraction of sp³-hybridized carbons (Fsp3) is 0.478. The highest BCUT2D eigenvalue weighted by atomic mass is 35.5. The second kappa shape index (κ2) is 7.74. The first-order chi connectivity index (χ1) is 14.9. The molecule has 1 aromatic carbocycles. The number of fused-ring (bicyclic) bond motifs is 1. The summed E-state index contributed by atoms with van der Waals surface area (Å²) in [6, 6.07) is 7.82. The van der Waals surface area contributed by atoms with Crippen molar-refractivity contribution in [2.75, 3.05) is 24.6 Å². The molecule has 8 heteroatoms. The highest BCUT2D eigenvalue weighted by Crippen LogP contribution is 2.42. The number of aromatic amines is 1. The van der Waals surface area contributed by atoms with E-state index in [0.717, 1.165) is 66.3 Å². The molecule has 0 aliphatic carbocycles. The van der Waals surface area contributed by atoms with Gasteiger partial charge in [-0.3, -0.25) is 0 Å². The molecule has 5 rings (SSSR count). The van der Waals surface area contributed by atoms with Crippen molar-refractivity contribution in [3.05, 3.63) is 40.7 Å². The lowest BCUT2D eigenvalue weighted by atomic mass is 9.73. The zero-order valence-electron chi connectivity index (χ0n) is 17.9. The Labute approximate surface area is 186 Å². The van der Waals surface area contributed by atoms with Crippen LogP contribution < -0.4 is 10.6 Å². The minimum Gasteiger partial charge on any atom is -0.390 e. The average molecular weight is 442 g/mol. The standard InChI is InChI=1S/C23H28ClN5O2/c1-13-20(18-10-15-16(24)4-3-5-17(15)27-18)28-19(11-30)22(26-13)29-8-6-23(7-9-29)12-31-14(2)21(23)25/h3-5,10,14,21,27,30H,6-9,11-12,25H2,1-2H3/t14-,21+/m0/s1. The molecule has 2 fully saturated rings. The Morgan fingerprint density at radius 1 is 1.32 bits per heavy atom. The van der Waals surface area contributed by atoms with E-state index in [1.54, 1.807) is 0 Å². The summed E-state index contributed by atoms with van der Waals surface area (Å²) in [5, 5.41) is 11.7. The Morgan fingerprint density at radius 3 is 2.74 bits per heavy atom. The Kier molecular flexibility index (Phi) is 5.17. The van der Waals surface area contributed by atoms with E-state index in [9.17, 15) is 5.11 Å². The molecule has 0 unspecified atom stereocenters. The minimum absolute atomic E-state index is 0.0430. The number of aryl methyl sites for hydroxylation is 1. The van der Waals surface area contributed by atoms with E-state index in [1.165, 1.54) is 0 Å². The van der Waals surface area contributed by atoms with Gasteiger partial charge in [-0.05, 0) is 44.9 Å². The number of hydrogen-bond acceptors (Lipinski definition) is 6. The van der Waals surface area contributed by atoms with Crippen LogP contribution in [0.5, 0.6) is 0 Å². The molecular formula is C23H28ClN5O2. The van der Waals surface area contributed by atoms with Gasteiger partial charge in [-0.25, -0.2) is 9.97 Å². The molecule has 4 heterocycles. The van der Waals surface area contributed by atoms with Gasteiger partial charge in [0, 0.05) is 40.5 Å². The van der Waals surface area contributed by atoms with Gasteiger partial charge in [0.2, 0.25) is 0 Å². The van der Waals surface area contributed by atoms with Crippen LogP contribution in [0, 0.1) is 12.3 Å². The summed E-state index contributed by atoms with van der Waals surface area (Å²) in [5.41, 5.74) is 10.4. The van der Waals surface area contributed by atoms with E-state index in [0.29, 0.717) is 10.7 Å². The SMILES string of the molecule is Cc1nc(N2CCC3(CC2)CO[C@@H](C)[C@H]3N)c(CO)nc1-c1cc2c(Cl)cccc2[nH]1. The van der Waals surface area contributed by atoms with Crippen LogP contribution in [0.25, 0.3) is 22.3 Å². The number of nitrogens with zero attached hydrogens (tertiary/aromatic N) is 3. The lowest BCUT2D eigenvalue weighted by Crippen LogP contribution is -2.51. The van der Waals surface area contributed by atoms with Crippen molar-refractivity contribution in [1.29, 1.82) is 0 Å². The number of aliphatic hydroxyl groups excluding tert-OH is 1. The van der Waals surface area contributed by atoms with Crippen molar-refractivity contribution in [2.24, 2.45) is 11.1 Å². The van der Waals surface area contributed by atoms with Gasteiger partial charge in [-0.1, -0.05) is 17.7 Å². The molecule has 2 aliphatic heterocycles. The van der Waals surface area contributed by atoms with Crippen LogP contribution in [0.2, 0.25) is 5.02 Å². The van der Waals surface area contributed by atoms with E-state index in [4.69, 9.17) is 32.0 Å². The van der Waals surface area contributed by atoms with Crippen molar-refractivity contribution in [1.82, 2.24) is 15.0 Å². The maximum Gasteiger partial charge on any atom is 0.153 e. The van der Waals surface area contributed by atoms with Crippen molar-refractivity contribution in [2.45, 2.75) is 45.4 Å². The summed E-state index contributed by atoms with van der Waals surface area (Å²) >= 11 is 6.33. The molecule has 4 N–H and O–H groups in total. The smallest absolute Gasteiger partial charge is 0.153 e. The van der Waals surface area contributed by atoms with Gasteiger partial charge in [-0.2, -0.15) is 0 Å². The first-order valence-corrected chi connectivity index (χ1v) is 11.2. The molecule has 2 atom stereocenters. The van der Waals surface area contributed by atoms with Crippen molar-refractivity contribution >= 4 is 28.3 Å². The third-order valence-electron chi connectivity index (χ3n) is 7.04. The Morgan fingerprint density at radius 2 is 2.10 bits per heavy atom. The first-order valence-electron chi connectivity index (χ1n) is 10.8. The average Bonchev–Trinajstić information content (AvgIpc) is 3.33. The van der Waals surface area contributed by atoms with Crippen LogP contribution in [-0.4, -0.2) is 51.9 Å². The summed E-state index contributed by atoms with van der Waals surface area (Å²) in [6.07, 6.45) is 2.00. The van der Waals surface area contributed by atoms with E-state index >= 15 is 0 Å². The Hall–Kier alpha value is -2.19. The van der Waals surface area contributed by atoms with Crippen LogP contribution >= 0.6 is 11.6 Å². The third-order valence-corrected chi connectivity index (χ3v) is 7.37. The summed E-state index contributed by atoms with van der Waals surface area (Å²) in [5.74, 6) is 0.758. The topological polar surface area (TPSA) is 100 Å². The molecule has 0 amide bonds. The first kappa shape index (κ1) is 20.7. The van der Waals surface area contributed by atoms with Crippen LogP contribution in [0.4, 0.5) is 5.82 Å². The molecule has 0 bridgehead atoms. The van der Waals surface area contributed by atoms with Crippen LogP contribution in [0.15, 0.2) is 24.3 Å². The van der Waals surface area contributed by atoms with Crippen LogP contribution in [0.1, 0.15) is 31.2 Å². The number of piperidine rings is 1. The summed E-state index contributed by atoms with van der Waals surface area (Å²) in [7, 11) is 0. The quantitative estimate of drug-likeness (QED) is 0.575. The summed E-state index contributed by atoms with van der Waals surface area (Å²) in [6.45, 7) is 6.22. The van der Waals surface area contributed by atoms with Crippen LogP contribution in [-0.2, 0) is 11.3 Å². The van der Waals surface area contributed by atoms with E-state index in [2.05, 4.69) is 16.8 Å². The highest BCUT2D eigenvalue weighted by molar-refractivity contribution is 6.35. The molecule has 7 nitrogen and oxygen atoms in total. The zero-order chi connectivity index (χ0) is 21.8. The van der Waals surface area contributed by atoms with Gasteiger partial charge in [0.25, 0.3) is 0 Å². The second-order valence-electron chi connectivity index (χ2n) is 8.86. The number of benzene rings is 1. The van der Waals surface area contributed by atoms with E-state index < -0.39 is 0 Å². The highest BCUT2D eigenvalue weighted by Gasteiger charge is 2.47. The van der Waals surface area contributed by atoms with Gasteiger partial charge >= 0.3 is 0 Å². The maximum atomic E-state index is 10.1. The zero-order valence-corrected chi connectivity index (χ0v) is 18.6. The van der Waals surface area contributed by atoms with E-state index in [1.807, 2.05) is 31.2 Å². The molecule has 0 radical (unpaired) electrons. The number of aliphatic hydroxyl groups is 1. The number of halogens is 1.